The van der Waals surface area contributed by atoms with Gasteiger partial charge in [0.15, 0.2) is 5.82 Å². The van der Waals surface area contributed by atoms with E-state index < -0.39 is 0 Å². The smallest absolute Gasteiger partial charge is 0.239 e. The van der Waals surface area contributed by atoms with Crippen LogP contribution >= 0.6 is 0 Å². The van der Waals surface area contributed by atoms with Crippen LogP contribution in [0.15, 0.2) is 12.3 Å². The Labute approximate surface area is 112 Å². The Morgan fingerprint density at radius 2 is 2.42 bits per heavy atom. The number of hydrogen-bond donors (Lipinski definition) is 2. The molecular formula is C12H17N5O2. The van der Waals surface area contributed by atoms with E-state index in [9.17, 15) is 4.79 Å². The summed E-state index contributed by atoms with van der Waals surface area (Å²) in [5.41, 5.74) is 6.54. The largest absolute Gasteiger partial charge is 0.396 e. The van der Waals surface area contributed by atoms with Gasteiger partial charge in [0.25, 0.3) is 0 Å². The van der Waals surface area contributed by atoms with Gasteiger partial charge in [-0.05, 0) is 6.07 Å². The van der Waals surface area contributed by atoms with Gasteiger partial charge in [-0.1, -0.05) is 0 Å². The van der Waals surface area contributed by atoms with Crippen molar-refractivity contribution in [2.24, 2.45) is 0 Å². The summed E-state index contributed by atoms with van der Waals surface area (Å²) in [4.78, 5) is 17.3. The number of likely N-dealkylation sites (N-methyl/N-ethyl adjacent to an activating group) is 1. The number of nitrogens with two attached hydrogens (primary N) is 1. The molecule has 0 aliphatic rings. The fourth-order valence-corrected chi connectivity index (χ4v) is 1.49. The van der Waals surface area contributed by atoms with Crippen molar-refractivity contribution in [2.45, 2.75) is 0 Å². The Hall–Kier alpha value is -2.33. The number of carbonyl (C=O) groups excluding carboxylic acids is 1. The summed E-state index contributed by atoms with van der Waals surface area (Å²) in [5, 5.41) is 11.4. The molecule has 1 aromatic rings. The van der Waals surface area contributed by atoms with Crippen LogP contribution < -0.4 is 16.0 Å². The van der Waals surface area contributed by atoms with Crippen molar-refractivity contribution in [3.05, 3.63) is 17.8 Å². The number of nitriles is 1. The maximum atomic E-state index is 11.6. The molecule has 0 saturated carbocycles. The minimum absolute atomic E-state index is 0.132. The van der Waals surface area contributed by atoms with Crippen molar-refractivity contribution in [3.8, 4) is 6.07 Å². The summed E-state index contributed by atoms with van der Waals surface area (Å²) in [6, 6.07) is 3.48. The molecule has 0 fully saturated rings. The molecule has 1 heterocycles. The Balaban J connectivity index is 2.60. The van der Waals surface area contributed by atoms with E-state index in [0.29, 0.717) is 30.2 Å². The predicted octanol–water partition coefficient (Wildman–Crippen LogP) is -0.266. The fraction of sp³-hybridized carbons (Fsp3) is 0.417. The molecule has 0 radical (unpaired) electrons. The van der Waals surface area contributed by atoms with E-state index in [1.165, 1.54) is 12.3 Å². The molecule has 0 bridgehead atoms. The fourth-order valence-electron chi connectivity index (χ4n) is 1.49. The summed E-state index contributed by atoms with van der Waals surface area (Å²) in [6.45, 7) is 1.05. The molecule has 1 amide bonds. The summed E-state index contributed by atoms with van der Waals surface area (Å²) < 4.78 is 4.84. The van der Waals surface area contributed by atoms with Gasteiger partial charge in [-0.2, -0.15) is 5.26 Å². The van der Waals surface area contributed by atoms with Gasteiger partial charge in [-0.15, -0.1) is 0 Å². The van der Waals surface area contributed by atoms with Gasteiger partial charge < -0.3 is 20.7 Å². The topological polar surface area (TPSA) is 104 Å². The Morgan fingerprint density at radius 3 is 3.00 bits per heavy atom. The lowest BCUT2D eigenvalue weighted by Crippen LogP contribution is -2.37. The van der Waals surface area contributed by atoms with Crippen molar-refractivity contribution < 1.29 is 9.53 Å². The molecule has 0 spiro atoms. The van der Waals surface area contributed by atoms with E-state index in [1.807, 2.05) is 6.07 Å². The number of ether oxygens (including phenoxy) is 1. The van der Waals surface area contributed by atoms with E-state index in [2.05, 4.69) is 10.3 Å². The van der Waals surface area contributed by atoms with Gasteiger partial charge in [0.1, 0.15) is 6.07 Å². The molecule has 0 aliphatic heterocycles. The minimum atomic E-state index is -0.148. The summed E-state index contributed by atoms with van der Waals surface area (Å²) in [6.07, 6.45) is 1.42. The Kier molecular flexibility index (Phi) is 5.57. The van der Waals surface area contributed by atoms with Crippen LogP contribution in [0.5, 0.6) is 0 Å². The predicted molar refractivity (Wildman–Crippen MR) is 71.5 cm³/mol. The van der Waals surface area contributed by atoms with E-state index in [4.69, 9.17) is 15.7 Å². The second kappa shape index (κ2) is 7.18. The van der Waals surface area contributed by atoms with E-state index in [1.54, 1.807) is 19.1 Å². The number of amides is 1. The first-order valence-electron chi connectivity index (χ1n) is 5.71. The van der Waals surface area contributed by atoms with Crippen LogP contribution in [0.25, 0.3) is 0 Å². The number of nitrogens with one attached hydrogen (secondary N) is 1. The van der Waals surface area contributed by atoms with Gasteiger partial charge in [0.2, 0.25) is 5.91 Å². The van der Waals surface area contributed by atoms with Crippen molar-refractivity contribution in [1.29, 1.82) is 5.26 Å². The normalized spacial score (nSPS) is 9.74. The van der Waals surface area contributed by atoms with Crippen molar-refractivity contribution in [2.75, 3.05) is 44.5 Å². The van der Waals surface area contributed by atoms with Gasteiger partial charge in [0.05, 0.1) is 24.4 Å². The van der Waals surface area contributed by atoms with Crippen LogP contribution in [0.1, 0.15) is 5.56 Å². The van der Waals surface area contributed by atoms with Crippen LogP contribution in [0.4, 0.5) is 11.5 Å². The number of methoxy groups -OCH3 is 1. The van der Waals surface area contributed by atoms with Crippen LogP contribution in [0, 0.1) is 11.3 Å². The molecule has 3 N–H and O–H groups in total. The minimum Gasteiger partial charge on any atom is -0.396 e. The van der Waals surface area contributed by atoms with Crippen molar-refractivity contribution in [1.82, 2.24) is 10.3 Å². The van der Waals surface area contributed by atoms with Gasteiger partial charge in [0, 0.05) is 26.9 Å². The summed E-state index contributed by atoms with van der Waals surface area (Å²) >= 11 is 0. The van der Waals surface area contributed by atoms with Crippen molar-refractivity contribution in [3.63, 3.8) is 0 Å². The van der Waals surface area contributed by atoms with Crippen LogP contribution in [0.3, 0.4) is 0 Å². The van der Waals surface area contributed by atoms with E-state index >= 15 is 0 Å². The Morgan fingerprint density at radius 1 is 1.68 bits per heavy atom. The highest BCUT2D eigenvalue weighted by Gasteiger charge is 2.11. The molecule has 0 unspecified atom stereocenters. The molecule has 19 heavy (non-hydrogen) atoms. The first-order chi connectivity index (χ1) is 9.08. The summed E-state index contributed by atoms with van der Waals surface area (Å²) in [7, 11) is 3.28. The molecule has 0 aliphatic carbocycles. The third-order valence-corrected chi connectivity index (χ3v) is 2.39. The number of anilines is 2. The average molecular weight is 263 g/mol. The molecule has 0 aromatic carbocycles. The number of pyridine rings is 1. The number of nitrogen functional groups attached to an aromatic ring is 1. The third-order valence-electron chi connectivity index (χ3n) is 2.39. The first-order valence-corrected chi connectivity index (χ1v) is 5.71. The Bertz CT molecular complexity index is 483. The second-order valence-corrected chi connectivity index (χ2v) is 3.95. The standard InChI is InChI=1S/C12H17N5O2/c1-17(8-11(18)15-3-4-19-2)12-10(14)5-9(6-13)7-16-12/h5,7H,3-4,8,14H2,1-2H3,(H,15,18). The highest BCUT2D eigenvalue weighted by molar-refractivity contribution is 5.82. The monoisotopic (exact) mass is 263 g/mol. The SMILES string of the molecule is COCCNC(=O)CN(C)c1ncc(C#N)cc1N. The lowest BCUT2D eigenvalue weighted by molar-refractivity contribution is -0.119. The lowest BCUT2D eigenvalue weighted by Gasteiger charge is -2.19. The highest BCUT2D eigenvalue weighted by Crippen LogP contribution is 2.19. The quantitative estimate of drug-likeness (QED) is 0.685. The van der Waals surface area contributed by atoms with E-state index in [0.717, 1.165) is 0 Å². The summed E-state index contributed by atoms with van der Waals surface area (Å²) in [5.74, 6) is 0.325. The van der Waals surface area contributed by atoms with Crippen LogP contribution in [-0.4, -0.2) is 44.7 Å². The van der Waals surface area contributed by atoms with Crippen molar-refractivity contribution >= 4 is 17.4 Å². The highest BCUT2D eigenvalue weighted by atomic mass is 16.5. The zero-order valence-corrected chi connectivity index (χ0v) is 11.0. The maximum absolute atomic E-state index is 11.6. The van der Waals surface area contributed by atoms with Crippen LogP contribution in [-0.2, 0) is 9.53 Å². The zero-order valence-electron chi connectivity index (χ0n) is 11.0. The average Bonchev–Trinajstić information content (AvgIpc) is 2.38. The first kappa shape index (κ1) is 14.7. The number of aromatic nitrogens is 1. The number of hydrogen-bond acceptors (Lipinski definition) is 6. The van der Waals surface area contributed by atoms with E-state index in [-0.39, 0.29) is 12.5 Å². The molecule has 102 valence electrons. The number of rotatable bonds is 6. The molecular weight excluding hydrogens is 246 g/mol. The lowest BCUT2D eigenvalue weighted by atomic mass is 10.2. The van der Waals surface area contributed by atoms with Gasteiger partial charge in [-0.3, -0.25) is 4.79 Å². The number of carbonyl (C=O) groups is 1. The molecule has 0 saturated heterocycles. The third kappa shape index (κ3) is 4.44. The molecule has 7 nitrogen and oxygen atoms in total. The van der Waals surface area contributed by atoms with Gasteiger partial charge >= 0.3 is 0 Å². The molecule has 7 heteroatoms. The molecule has 1 rings (SSSR count). The maximum Gasteiger partial charge on any atom is 0.239 e. The molecule has 0 atom stereocenters. The molecule has 1 aromatic heterocycles. The van der Waals surface area contributed by atoms with Gasteiger partial charge in [-0.25, -0.2) is 4.98 Å². The second-order valence-electron chi connectivity index (χ2n) is 3.95. The number of nitrogens with zero attached hydrogens (tertiary/aromatic N) is 3. The zero-order chi connectivity index (χ0) is 14.3. The van der Waals surface area contributed by atoms with Crippen LogP contribution in [0.2, 0.25) is 0 Å².